The Morgan fingerprint density at radius 1 is 1.06 bits per heavy atom. The zero-order valence-corrected chi connectivity index (χ0v) is 18.8. The van der Waals surface area contributed by atoms with Crippen LogP contribution < -0.4 is 15.6 Å². The van der Waals surface area contributed by atoms with Gasteiger partial charge in [0.1, 0.15) is 5.75 Å². The van der Waals surface area contributed by atoms with Gasteiger partial charge in [0, 0.05) is 0 Å². The second-order valence-corrected chi connectivity index (χ2v) is 8.37. The van der Waals surface area contributed by atoms with E-state index in [0.717, 1.165) is 11.8 Å². The fourth-order valence-electron chi connectivity index (χ4n) is 3.27. The van der Waals surface area contributed by atoms with Crippen LogP contribution in [-0.2, 0) is 11.3 Å². The number of hydrogen-bond donors (Lipinski definition) is 2. The van der Waals surface area contributed by atoms with Crippen LogP contribution in [0.15, 0.2) is 88.8 Å². The number of ether oxygens (including phenoxy) is 1. The summed E-state index contributed by atoms with van der Waals surface area (Å²) in [5.41, 5.74) is 0.847. The van der Waals surface area contributed by atoms with Crippen molar-refractivity contribution in [3.63, 3.8) is 0 Å². The number of anilines is 1. The topological polar surface area (TPSA) is 93.5 Å². The Bertz CT molecular complexity index is 1320. The van der Waals surface area contributed by atoms with Crippen LogP contribution in [0.2, 0.25) is 0 Å². The summed E-state index contributed by atoms with van der Waals surface area (Å²) < 4.78 is 7.31. The molecule has 4 aromatic rings. The first kappa shape index (κ1) is 22.6. The minimum atomic E-state index is -0.735. The van der Waals surface area contributed by atoms with Crippen molar-refractivity contribution < 1.29 is 14.6 Å². The first-order chi connectivity index (χ1) is 16.0. The van der Waals surface area contributed by atoms with Crippen LogP contribution in [0.25, 0.3) is 10.9 Å². The zero-order chi connectivity index (χ0) is 23.2. The first-order valence-electron chi connectivity index (χ1n) is 10.4. The number of nitrogens with one attached hydrogen (secondary N) is 1. The molecule has 7 nitrogen and oxygen atoms in total. The van der Waals surface area contributed by atoms with Gasteiger partial charge < -0.3 is 15.2 Å². The van der Waals surface area contributed by atoms with Gasteiger partial charge in [-0.15, -0.1) is 0 Å². The van der Waals surface area contributed by atoms with Crippen LogP contribution in [0.4, 0.5) is 5.69 Å². The average molecular weight is 462 g/mol. The lowest BCUT2D eigenvalue weighted by atomic mass is 10.2. The molecule has 1 heterocycles. The van der Waals surface area contributed by atoms with Crippen molar-refractivity contribution in [2.24, 2.45) is 0 Å². The molecule has 168 valence electrons. The summed E-state index contributed by atoms with van der Waals surface area (Å²) in [5.74, 6) is 0.952. The number of amides is 1. The van der Waals surface area contributed by atoms with E-state index in [-0.39, 0.29) is 23.8 Å². The molecule has 4 rings (SSSR count). The number of aliphatic hydroxyl groups excluding tert-OH is 1. The third-order valence-electron chi connectivity index (χ3n) is 4.74. The second-order valence-electron chi connectivity index (χ2n) is 7.42. The average Bonchev–Trinajstić information content (AvgIpc) is 2.81. The summed E-state index contributed by atoms with van der Waals surface area (Å²) in [7, 11) is 0. The van der Waals surface area contributed by atoms with E-state index in [9.17, 15) is 14.7 Å². The molecule has 1 amide bonds. The molecule has 1 aromatic heterocycles. The summed E-state index contributed by atoms with van der Waals surface area (Å²) in [6, 6.07) is 23.5. The molecule has 0 unspecified atom stereocenters. The maximum atomic E-state index is 12.9. The molecule has 3 aromatic carbocycles. The van der Waals surface area contributed by atoms with Crippen molar-refractivity contribution in [2.45, 2.75) is 24.7 Å². The van der Waals surface area contributed by atoms with Gasteiger partial charge in [0.05, 0.1) is 35.0 Å². The number of para-hydroxylation sites is 4. The number of carbonyl (C=O) groups is 1. The molecular formula is C25H23N3O4S. The fraction of sp³-hybridized carbons (Fsp3) is 0.160. The lowest BCUT2D eigenvalue weighted by Gasteiger charge is -2.15. The Morgan fingerprint density at radius 2 is 1.76 bits per heavy atom. The van der Waals surface area contributed by atoms with Crippen molar-refractivity contribution in [3.8, 4) is 11.5 Å². The van der Waals surface area contributed by atoms with E-state index in [1.54, 1.807) is 43.3 Å². The van der Waals surface area contributed by atoms with Crippen LogP contribution in [0.3, 0.4) is 0 Å². The predicted octanol–water partition coefficient (Wildman–Crippen LogP) is 4.30. The maximum absolute atomic E-state index is 12.9. The molecule has 0 saturated carbocycles. The highest BCUT2D eigenvalue weighted by molar-refractivity contribution is 7.99. The fourth-order valence-corrected chi connectivity index (χ4v) is 4.08. The van der Waals surface area contributed by atoms with E-state index in [4.69, 9.17) is 4.74 Å². The Labute approximate surface area is 195 Å². The third-order valence-corrected chi connectivity index (χ3v) is 5.71. The number of aromatic nitrogens is 2. The molecule has 0 aliphatic rings. The van der Waals surface area contributed by atoms with E-state index >= 15 is 0 Å². The zero-order valence-electron chi connectivity index (χ0n) is 18.0. The number of aliphatic hydroxyl groups is 1. The Hall–Kier alpha value is -3.62. The standard InChI is InChI=1S/C25H23N3O4S/c1-17(29)15-28-24(31)19-11-5-6-12-20(19)27-25(28)33-16-23(30)26-21-13-7-8-14-22(21)32-18-9-3-2-4-10-18/h2-14,17,29H,15-16H2,1H3,(H,26,30)/t17-/m1/s1. The van der Waals surface area contributed by atoms with Gasteiger partial charge in [-0.05, 0) is 43.3 Å². The second kappa shape index (κ2) is 10.3. The van der Waals surface area contributed by atoms with Gasteiger partial charge in [-0.2, -0.15) is 0 Å². The van der Waals surface area contributed by atoms with Gasteiger partial charge in [0.25, 0.3) is 5.56 Å². The van der Waals surface area contributed by atoms with Crippen LogP contribution in [-0.4, -0.2) is 32.4 Å². The van der Waals surface area contributed by atoms with Gasteiger partial charge in [-0.3, -0.25) is 14.2 Å². The van der Waals surface area contributed by atoms with Crippen molar-refractivity contribution in [1.82, 2.24) is 9.55 Å². The normalized spacial score (nSPS) is 11.8. The van der Waals surface area contributed by atoms with Gasteiger partial charge >= 0.3 is 0 Å². The lowest BCUT2D eigenvalue weighted by molar-refractivity contribution is -0.113. The molecule has 0 radical (unpaired) electrons. The number of hydrogen-bond acceptors (Lipinski definition) is 6. The first-order valence-corrected chi connectivity index (χ1v) is 11.4. The number of rotatable bonds is 8. The molecule has 1 atom stereocenters. The largest absolute Gasteiger partial charge is 0.455 e. The minimum absolute atomic E-state index is 0.0320. The Balaban J connectivity index is 1.51. The number of nitrogens with zero attached hydrogens (tertiary/aromatic N) is 2. The van der Waals surface area contributed by atoms with E-state index in [1.807, 2.05) is 42.5 Å². The van der Waals surface area contributed by atoms with Crippen molar-refractivity contribution in [2.75, 3.05) is 11.1 Å². The van der Waals surface area contributed by atoms with Crippen LogP contribution >= 0.6 is 11.8 Å². The SMILES string of the molecule is C[C@@H](O)Cn1c(SCC(=O)Nc2ccccc2Oc2ccccc2)nc2ccccc2c1=O. The summed E-state index contributed by atoms with van der Waals surface area (Å²) in [6.07, 6.45) is -0.735. The number of thioether (sulfide) groups is 1. The lowest BCUT2D eigenvalue weighted by Crippen LogP contribution is -2.28. The molecular weight excluding hydrogens is 438 g/mol. The highest BCUT2D eigenvalue weighted by Gasteiger charge is 2.15. The molecule has 0 spiro atoms. The minimum Gasteiger partial charge on any atom is -0.455 e. The summed E-state index contributed by atoms with van der Waals surface area (Å²) in [4.78, 5) is 30.2. The molecule has 0 bridgehead atoms. The summed E-state index contributed by atoms with van der Waals surface area (Å²) in [6.45, 7) is 1.70. The smallest absolute Gasteiger partial charge is 0.262 e. The van der Waals surface area contributed by atoms with Gasteiger partial charge in [0.15, 0.2) is 10.9 Å². The summed E-state index contributed by atoms with van der Waals surface area (Å²) in [5, 5.41) is 13.6. The van der Waals surface area contributed by atoms with Crippen molar-refractivity contribution in [3.05, 3.63) is 89.2 Å². The van der Waals surface area contributed by atoms with E-state index in [2.05, 4.69) is 10.3 Å². The van der Waals surface area contributed by atoms with Crippen molar-refractivity contribution >= 4 is 34.3 Å². The highest BCUT2D eigenvalue weighted by atomic mass is 32.2. The molecule has 2 N–H and O–H groups in total. The predicted molar refractivity (Wildman–Crippen MR) is 130 cm³/mol. The van der Waals surface area contributed by atoms with Gasteiger partial charge in [0.2, 0.25) is 5.91 Å². The molecule has 0 aliphatic heterocycles. The van der Waals surface area contributed by atoms with Crippen LogP contribution in [0.1, 0.15) is 6.92 Å². The third kappa shape index (κ3) is 5.60. The Kier molecular flexibility index (Phi) is 7.07. The van der Waals surface area contributed by atoms with Crippen molar-refractivity contribution in [1.29, 1.82) is 0 Å². The van der Waals surface area contributed by atoms with Crippen LogP contribution in [0.5, 0.6) is 11.5 Å². The molecule has 0 fully saturated rings. The maximum Gasteiger partial charge on any atom is 0.262 e. The molecule has 0 saturated heterocycles. The molecule has 0 aliphatic carbocycles. The number of benzene rings is 3. The van der Waals surface area contributed by atoms with Gasteiger partial charge in [-0.1, -0.05) is 54.2 Å². The van der Waals surface area contributed by atoms with E-state index in [0.29, 0.717) is 33.2 Å². The van der Waals surface area contributed by atoms with E-state index in [1.165, 1.54) is 4.57 Å². The molecule has 33 heavy (non-hydrogen) atoms. The quantitative estimate of drug-likeness (QED) is 0.300. The molecule has 8 heteroatoms. The summed E-state index contributed by atoms with van der Waals surface area (Å²) >= 11 is 1.14. The monoisotopic (exact) mass is 461 g/mol. The number of fused-ring (bicyclic) bond motifs is 1. The highest BCUT2D eigenvalue weighted by Crippen LogP contribution is 2.29. The number of carbonyl (C=O) groups excluding carboxylic acids is 1. The van der Waals surface area contributed by atoms with E-state index < -0.39 is 6.10 Å². The van der Waals surface area contributed by atoms with Gasteiger partial charge in [-0.25, -0.2) is 4.98 Å². The van der Waals surface area contributed by atoms with Crippen LogP contribution in [0, 0.1) is 0 Å². The Morgan fingerprint density at radius 3 is 2.55 bits per heavy atom.